The number of aryl methyl sites for hydroxylation is 1. The Morgan fingerprint density at radius 1 is 0.919 bits per heavy atom. The third-order valence-corrected chi connectivity index (χ3v) is 14.6. The summed E-state index contributed by atoms with van der Waals surface area (Å²) in [6.07, 6.45) is 12.5. The van der Waals surface area contributed by atoms with E-state index in [0.29, 0.717) is 65.6 Å². The van der Waals surface area contributed by atoms with Gasteiger partial charge in [-0.1, -0.05) is 18.6 Å². The van der Waals surface area contributed by atoms with E-state index in [2.05, 4.69) is 46.4 Å². The minimum Gasteiger partial charge on any atom is -0.350 e. The number of piperidine rings is 2. The number of carbonyl (C=O) groups is 4. The molecule has 5 heterocycles. The van der Waals surface area contributed by atoms with Crippen LogP contribution in [0.3, 0.4) is 0 Å². The van der Waals surface area contributed by atoms with Crippen LogP contribution in [0.1, 0.15) is 126 Å². The molecule has 0 bridgehead atoms. The average Bonchev–Trinajstić information content (AvgIpc) is 3.78. The molecule has 4 aromatic rings. The molecule has 1 spiro atoms. The number of hydrogen-bond donors (Lipinski definition) is 2. The largest absolute Gasteiger partial charge is 0.350 e. The molecule has 62 heavy (non-hydrogen) atoms. The van der Waals surface area contributed by atoms with Crippen molar-refractivity contribution in [3.63, 3.8) is 0 Å². The molecule has 9 rings (SSSR count). The maximum absolute atomic E-state index is 15.8. The van der Waals surface area contributed by atoms with Gasteiger partial charge >= 0.3 is 0 Å². The molecule has 3 aliphatic heterocycles. The van der Waals surface area contributed by atoms with E-state index in [4.69, 9.17) is 9.97 Å². The lowest BCUT2D eigenvalue weighted by Crippen LogP contribution is -2.58. The van der Waals surface area contributed by atoms with E-state index in [9.17, 15) is 14.4 Å². The highest BCUT2D eigenvalue weighted by Crippen LogP contribution is 2.52. The number of nitrogens with one attached hydrogen (secondary N) is 2. The van der Waals surface area contributed by atoms with Gasteiger partial charge in [-0.2, -0.15) is 0 Å². The second kappa shape index (κ2) is 16.8. The summed E-state index contributed by atoms with van der Waals surface area (Å²) in [6.45, 7) is 12.9. The van der Waals surface area contributed by atoms with E-state index in [1.54, 1.807) is 19.3 Å². The first kappa shape index (κ1) is 42.1. The second-order valence-electron chi connectivity index (χ2n) is 19.3. The van der Waals surface area contributed by atoms with Crippen molar-refractivity contribution in [3.8, 4) is 11.3 Å². The quantitative estimate of drug-likeness (QED) is 0.153. The Morgan fingerprint density at radius 3 is 2.32 bits per heavy atom. The molecule has 0 unspecified atom stereocenters. The fourth-order valence-electron chi connectivity index (χ4n) is 11.0. The van der Waals surface area contributed by atoms with Gasteiger partial charge < -0.3 is 34.7 Å². The lowest BCUT2D eigenvalue weighted by atomic mass is 9.73. The van der Waals surface area contributed by atoms with E-state index < -0.39 is 11.2 Å². The van der Waals surface area contributed by atoms with Crippen LogP contribution in [0.4, 0.5) is 21.6 Å². The lowest BCUT2D eigenvalue weighted by Gasteiger charge is -2.48. The molecular formula is C49H61FN8O4. The Kier molecular flexibility index (Phi) is 11.4. The standard InChI is InChI=1S/C49H61FN8O4/c1-29(2)52-46(60)37-25-41(39(50)21-31(37)5)54-45-44-42(51-28-57(44)30(3)4)26-40(53-45)34-13-14-38-43(22-34)58(36-23-35(24-36)55-17-7-6-8-18-55)48(62)49(38)15-19-56(20-16-49)47(61)33-11-9-32(27-59)10-12-33/h13-14,21-22,25-30,32-33,35-36H,6-12,15-20,23-24H2,1-5H3,(H,52,60)(H,53,54). The Morgan fingerprint density at radius 2 is 1.65 bits per heavy atom. The number of benzene rings is 2. The number of hydrogen-bond acceptors (Lipinski definition) is 8. The fourth-order valence-corrected chi connectivity index (χ4v) is 11.0. The topological polar surface area (TPSA) is 133 Å². The van der Waals surface area contributed by atoms with Gasteiger partial charge in [-0.25, -0.2) is 14.4 Å². The maximum Gasteiger partial charge on any atom is 0.251 e. The highest BCUT2D eigenvalue weighted by molar-refractivity contribution is 6.09. The molecule has 13 heteroatoms. The molecule has 4 fully saturated rings. The number of carbonyl (C=O) groups excluding carboxylic acids is 4. The summed E-state index contributed by atoms with van der Waals surface area (Å²) in [5.74, 6) is -0.0735. The number of amides is 3. The predicted molar refractivity (Wildman–Crippen MR) is 239 cm³/mol. The molecule has 328 valence electrons. The molecule has 2 aromatic heterocycles. The molecule has 2 saturated carbocycles. The van der Waals surface area contributed by atoms with Crippen LogP contribution in [0.15, 0.2) is 42.7 Å². The van der Waals surface area contributed by atoms with Crippen molar-refractivity contribution in [2.75, 3.05) is 36.4 Å². The summed E-state index contributed by atoms with van der Waals surface area (Å²) < 4.78 is 17.8. The van der Waals surface area contributed by atoms with Crippen molar-refractivity contribution < 1.29 is 23.6 Å². The zero-order valence-electron chi connectivity index (χ0n) is 36.9. The summed E-state index contributed by atoms with van der Waals surface area (Å²) in [4.78, 5) is 70.0. The third-order valence-electron chi connectivity index (χ3n) is 14.6. The number of likely N-dealkylation sites (tertiary alicyclic amines) is 2. The summed E-state index contributed by atoms with van der Waals surface area (Å²) in [5, 5.41) is 6.19. The third kappa shape index (κ3) is 7.57. The number of anilines is 3. The highest BCUT2D eigenvalue weighted by Gasteiger charge is 2.56. The van der Waals surface area contributed by atoms with Crippen LogP contribution < -0.4 is 15.5 Å². The molecule has 2 aromatic carbocycles. The normalized spacial score (nSPS) is 23.8. The predicted octanol–water partition coefficient (Wildman–Crippen LogP) is 8.24. The van der Waals surface area contributed by atoms with Gasteiger partial charge in [0, 0.05) is 65.9 Å². The number of aromatic nitrogens is 3. The number of nitrogens with zero attached hydrogens (tertiary/aromatic N) is 6. The molecule has 0 atom stereocenters. The molecule has 0 radical (unpaired) electrons. The van der Waals surface area contributed by atoms with E-state index >= 15 is 9.18 Å². The first-order valence-corrected chi connectivity index (χ1v) is 23.1. The van der Waals surface area contributed by atoms with E-state index in [1.165, 1.54) is 25.3 Å². The Bertz CT molecular complexity index is 2380. The number of rotatable bonds is 10. The maximum atomic E-state index is 15.8. The van der Waals surface area contributed by atoms with Crippen molar-refractivity contribution in [2.45, 2.75) is 135 Å². The number of fused-ring (bicyclic) bond motifs is 3. The van der Waals surface area contributed by atoms with Gasteiger partial charge in [-0.05, 0) is 147 Å². The Labute approximate surface area is 364 Å². The molecule has 3 amide bonds. The van der Waals surface area contributed by atoms with E-state index in [0.717, 1.165) is 74.7 Å². The van der Waals surface area contributed by atoms with Crippen LogP contribution >= 0.6 is 0 Å². The van der Waals surface area contributed by atoms with Gasteiger partial charge in [0.25, 0.3) is 5.91 Å². The molecule has 12 nitrogen and oxygen atoms in total. The van der Waals surface area contributed by atoms with Crippen LogP contribution in [0.5, 0.6) is 0 Å². The van der Waals surface area contributed by atoms with E-state index in [1.807, 2.05) is 35.4 Å². The van der Waals surface area contributed by atoms with Gasteiger partial charge in [-0.3, -0.25) is 14.4 Å². The van der Waals surface area contributed by atoms with Gasteiger partial charge in [0.2, 0.25) is 11.8 Å². The monoisotopic (exact) mass is 844 g/mol. The van der Waals surface area contributed by atoms with Crippen molar-refractivity contribution >= 4 is 52.2 Å². The van der Waals surface area contributed by atoms with Crippen molar-refractivity contribution in [2.24, 2.45) is 11.8 Å². The van der Waals surface area contributed by atoms with Crippen molar-refractivity contribution in [1.29, 1.82) is 0 Å². The van der Waals surface area contributed by atoms with Crippen LogP contribution in [-0.2, 0) is 19.8 Å². The zero-order valence-corrected chi connectivity index (χ0v) is 36.9. The van der Waals surface area contributed by atoms with Crippen LogP contribution in [0.2, 0.25) is 0 Å². The number of aldehydes is 1. The van der Waals surface area contributed by atoms with E-state index in [-0.39, 0.29) is 53.4 Å². The number of halogens is 1. The molecule has 2 saturated heterocycles. The summed E-state index contributed by atoms with van der Waals surface area (Å²) in [7, 11) is 0. The van der Waals surface area contributed by atoms with Crippen LogP contribution in [0, 0.1) is 24.6 Å². The first-order valence-electron chi connectivity index (χ1n) is 23.1. The van der Waals surface area contributed by atoms with Gasteiger partial charge in [-0.15, -0.1) is 0 Å². The second-order valence-corrected chi connectivity index (χ2v) is 19.3. The number of pyridine rings is 1. The smallest absolute Gasteiger partial charge is 0.251 e. The summed E-state index contributed by atoms with van der Waals surface area (Å²) >= 11 is 0. The molecule has 5 aliphatic rings. The van der Waals surface area contributed by atoms with Crippen molar-refractivity contribution in [3.05, 3.63) is 65.2 Å². The average molecular weight is 845 g/mol. The van der Waals surface area contributed by atoms with Crippen LogP contribution in [-0.4, -0.2) is 92.6 Å². The lowest BCUT2D eigenvalue weighted by molar-refractivity contribution is -0.140. The summed E-state index contributed by atoms with van der Waals surface area (Å²) in [5.41, 5.74) is 5.08. The van der Waals surface area contributed by atoms with Crippen LogP contribution in [0.25, 0.3) is 22.3 Å². The molecule has 2 N–H and O–H groups in total. The number of imidazole rings is 1. The molecule has 2 aliphatic carbocycles. The summed E-state index contributed by atoms with van der Waals surface area (Å²) in [6, 6.07) is 11.6. The Hall–Kier alpha value is -5.17. The fraction of sp³-hybridized carbons (Fsp3) is 0.551. The zero-order chi connectivity index (χ0) is 43.4. The van der Waals surface area contributed by atoms with Gasteiger partial charge in [0.1, 0.15) is 17.6 Å². The van der Waals surface area contributed by atoms with Crippen molar-refractivity contribution in [1.82, 2.24) is 29.7 Å². The Balaban J connectivity index is 1.06. The SMILES string of the molecule is Cc1cc(F)c(Nc2nc(-c3ccc4c(c3)N(C3CC(N5CCCCC5)C3)C(=O)C43CCN(C(=O)C4CCC(C=O)CC4)CC3)cc3ncn(C(C)C)c23)cc1C(=O)NC(C)C. The minimum absolute atomic E-state index is 0.0367. The highest BCUT2D eigenvalue weighted by atomic mass is 19.1. The minimum atomic E-state index is -0.724. The molecular weight excluding hydrogens is 784 g/mol. The van der Waals surface area contributed by atoms with Gasteiger partial charge in [0.15, 0.2) is 5.82 Å². The van der Waals surface area contributed by atoms with Gasteiger partial charge in [0.05, 0.1) is 28.6 Å². The first-order chi connectivity index (χ1) is 29.8.